The summed E-state index contributed by atoms with van der Waals surface area (Å²) in [6.45, 7) is 0. The number of hydrogen-bond donors (Lipinski definition) is 1. The fourth-order valence-corrected chi connectivity index (χ4v) is 1.66. The molecule has 0 amide bonds. The van der Waals surface area contributed by atoms with E-state index < -0.39 is 11.9 Å². The summed E-state index contributed by atoms with van der Waals surface area (Å²) in [7, 11) is 0. The van der Waals surface area contributed by atoms with E-state index in [1.54, 1.807) is 18.2 Å². The third kappa shape index (κ3) is 2.43. The molecule has 1 aromatic carbocycles. The number of aliphatic hydroxyl groups is 1. The predicted molar refractivity (Wildman–Crippen MR) is 58.8 cm³/mol. The second kappa shape index (κ2) is 4.68. The van der Waals surface area contributed by atoms with Gasteiger partial charge >= 0.3 is 0 Å². The molecule has 0 fully saturated rings. The molecule has 1 N–H and O–H groups in total. The largest absolute Gasteiger partial charge is 0.469 e. The highest BCUT2D eigenvalue weighted by molar-refractivity contribution is 6.30. The fraction of sp³-hybridized carbons (Fsp3) is 0.167. The van der Waals surface area contributed by atoms with Gasteiger partial charge < -0.3 is 9.52 Å². The molecule has 0 saturated carbocycles. The number of rotatable bonds is 3. The fourth-order valence-electron chi connectivity index (χ4n) is 1.50. The number of furan rings is 1. The zero-order valence-corrected chi connectivity index (χ0v) is 9.12. The highest BCUT2D eigenvalue weighted by Gasteiger charge is 2.14. The van der Waals surface area contributed by atoms with Crippen LogP contribution in [-0.2, 0) is 6.42 Å². The molecule has 16 heavy (non-hydrogen) atoms. The Kier molecular flexibility index (Phi) is 3.27. The van der Waals surface area contributed by atoms with Crippen LogP contribution >= 0.6 is 11.6 Å². The zero-order valence-electron chi connectivity index (χ0n) is 8.36. The van der Waals surface area contributed by atoms with Gasteiger partial charge in [0.1, 0.15) is 11.6 Å². The Morgan fingerprint density at radius 2 is 2.19 bits per heavy atom. The summed E-state index contributed by atoms with van der Waals surface area (Å²) in [4.78, 5) is 0. The minimum Gasteiger partial charge on any atom is -0.469 e. The normalized spacial score (nSPS) is 12.7. The van der Waals surface area contributed by atoms with Gasteiger partial charge in [-0.05, 0) is 24.3 Å². The Morgan fingerprint density at radius 1 is 1.38 bits per heavy atom. The Balaban J connectivity index is 2.17. The van der Waals surface area contributed by atoms with E-state index in [-0.39, 0.29) is 12.0 Å². The molecule has 2 nitrogen and oxygen atoms in total. The Labute approximate surface area is 97.3 Å². The highest BCUT2D eigenvalue weighted by Crippen LogP contribution is 2.23. The second-order valence-electron chi connectivity index (χ2n) is 3.47. The lowest BCUT2D eigenvalue weighted by atomic mass is 10.0. The van der Waals surface area contributed by atoms with Gasteiger partial charge in [-0.25, -0.2) is 4.39 Å². The molecule has 1 aromatic heterocycles. The molecule has 0 saturated heterocycles. The first kappa shape index (κ1) is 11.2. The SMILES string of the molecule is OC(Cc1ccco1)c1ccc(Cl)cc1F. The second-order valence-corrected chi connectivity index (χ2v) is 3.90. The van der Waals surface area contributed by atoms with E-state index in [2.05, 4.69) is 0 Å². The molecular formula is C12H10ClFO2. The third-order valence-electron chi connectivity index (χ3n) is 2.30. The molecule has 2 rings (SSSR count). The van der Waals surface area contributed by atoms with Crippen LogP contribution in [0.15, 0.2) is 41.0 Å². The maximum absolute atomic E-state index is 13.5. The van der Waals surface area contributed by atoms with Crippen LogP contribution in [0.3, 0.4) is 0 Å². The first-order chi connectivity index (χ1) is 7.66. The van der Waals surface area contributed by atoms with Crippen LogP contribution in [-0.4, -0.2) is 5.11 Å². The van der Waals surface area contributed by atoms with Crippen molar-refractivity contribution in [2.75, 3.05) is 0 Å². The average Bonchev–Trinajstić information content (AvgIpc) is 2.70. The molecule has 0 radical (unpaired) electrons. The monoisotopic (exact) mass is 240 g/mol. The van der Waals surface area contributed by atoms with E-state index in [0.29, 0.717) is 10.8 Å². The van der Waals surface area contributed by atoms with Crippen molar-refractivity contribution in [3.05, 3.63) is 58.8 Å². The van der Waals surface area contributed by atoms with Crippen LogP contribution < -0.4 is 0 Å². The number of aliphatic hydroxyl groups excluding tert-OH is 1. The highest BCUT2D eigenvalue weighted by atomic mass is 35.5. The van der Waals surface area contributed by atoms with Gasteiger partial charge in [0.05, 0.1) is 12.4 Å². The number of halogens is 2. The third-order valence-corrected chi connectivity index (χ3v) is 2.53. The standard InChI is InChI=1S/C12H10ClFO2/c13-8-3-4-10(11(14)6-8)12(15)7-9-2-1-5-16-9/h1-6,12,15H,7H2. The molecule has 0 aliphatic rings. The average molecular weight is 241 g/mol. The summed E-state index contributed by atoms with van der Waals surface area (Å²) in [5, 5.41) is 10.1. The molecule has 0 aliphatic heterocycles. The maximum Gasteiger partial charge on any atom is 0.130 e. The van der Waals surface area contributed by atoms with Crippen molar-refractivity contribution in [3.63, 3.8) is 0 Å². The van der Waals surface area contributed by atoms with E-state index in [0.717, 1.165) is 0 Å². The van der Waals surface area contributed by atoms with Gasteiger partial charge in [-0.3, -0.25) is 0 Å². The van der Waals surface area contributed by atoms with Crippen molar-refractivity contribution >= 4 is 11.6 Å². The van der Waals surface area contributed by atoms with E-state index in [9.17, 15) is 9.50 Å². The van der Waals surface area contributed by atoms with Crippen molar-refractivity contribution < 1.29 is 13.9 Å². The molecule has 1 atom stereocenters. The zero-order chi connectivity index (χ0) is 11.5. The molecule has 84 valence electrons. The van der Waals surface area contributed by atoms with Crippen LogP contribution in [0, 0.1) is 5.82 Å². The van der Waals surface area contributed by atoms with Crippen molar-refractivity contribution in [2.24, 2.45) is 0 Å². The number of hydrogen-bond acceptors (Lipinski definition) is 2. The topological polar surface area (TPSA) is 33.4 Å². The molecular weight excluding hydrogens is 231 g/mol. The van der Waals surface area contributed by atoms with Crippen LogP contribution in [0.4, 0.5) is 4.39 Å². The van der Waals surface area contributed by atoms with E-state index in [1.165, 1.54) is 18.4 Å². The Hall–Kier alpha value is -1.32. The van der Waals surface area contributed by atoms with Crippen LogP contribution in [0.25, 0.3) is 0 Å². The Bertz CT molecular complexity index is 468. The van der Waals surface area contributed by atoms with Crippen LogP contribution in [0.2, 0.25) is 5.02 Å². The molecule has 0 aliphatic carbocycles. The van der Waals surface area contributed by atoms with Gasteiger partial charge in [0.15, 0.2) is 0 Å². The predicted octanol–water partition coefficient (Wildman–Crippen LogP) is 3.35. The first-order valence-electron chi connectivity index (χ1n) is 4.82. The van der Waals surface area contributed by atoms with Crippen molar-refractivity contribution in [1.29, 1.82) is 0 Å². The van der Waals surface area contributed by atoms with Gasteiger partial charge in [-0.2, -0.15) is 0 Å². The summed E-state index contributed by atoms with van der Waals surface area (Å²) in [6, 6.07) is 7.66. The quantitative estimate of drug-likeness (QED) is 0.893. The van der Waals surface area contributed by atoms with Gasteiger partial charge in [0.2, 0.25) is 0 Å². The molecule has 1 unspecified atom stereocenters. The summed E-state index contributed by atoms with van der Waals surface area (Å²) >= 11 is 5.62. The first-order valence-corrected chi connectivity index (χ1v) is 5.20. The summed E-state index contributed by atoms with van der Waals surface area (Å²) in [5.74, 6) is 0.105. The van der Waals surface area contributed by atoms with Crippen LogP contribution in [0.1, 0.15) is 17.4 Å². The summed E-state index contributed by atoms with van der Waals surface area (Å²) < 4.78 is 18.5. The minimum absolute atomic E-state index is 0.223. The van der Waals surface area contributed by atoms with Crippen LogP contribution in [0.5, 0.6) is 0 Å². The molecule has 1 heterocycles. The van der Waals surface area contributed by atoms with Gasteiger partial charge in [-0.15, -0.1) is 0 Å². The minimum atomic E-state index is -0.927. The molecule has 0 spiro atoms. The van der Waals surface area contributed by atoms with Crippen molar-refractivity contribution in [1.82, 2.24) is 0 Å². The number of benzene rings is 1. The lowest BCUT2D eigenvalue weighted by molar-refractivity contribution is 0.166. The lowest BCUT2D eigenvalue weighted by Gasteiger charge is -2.10. The van der Waals surface area contributed by atoms with Gasteiger partial charge in [0, 0.05) is 17.0 Å². The van der Waals surface area contributed by atoms with Crippen molar-refractivity contribution in [2.45, 2.75) is 12.5 Å². The lowest BCUT2D eigenvalue weighted by Crippen LogP contribution is -2.03. The molecule has 2 aromatic rings. The molecule has 4 heteroatoms. The van der Waals surface area contributed by atoms with Gasteiger partial charge in [-0.1, -0.05) is 17.7 Å². The maximum atomic E-state index is 13.5. The smallest absolute Gasteiger partial charge is 0.130 e. The van der Waals surface area contributed by atoms with Gasteiger partial charge in [0.25, 0.3) is 0 Å². The molecule has 0 bridgehead atoms. The van der Waals surface area contributed by atoms with E-state index >= 15 is 0 Å². The van der Waals surface area contributed by atoms with Crippen molar-refractivity contribution in [3.8, 4) is 0 Å². The summed E-state index contributed by atoms with van der Waals surface area (Å²) in [6.07, 6.45) is 0.828. The van der Waals surface area contributed by atoms with E-state index in [1.807, 2.05) is 0 Å². The Morgan fingerprint density at radius 3 is 2.81 bits per heavy atom. The summed E-state index contributed by atoms with van der Waals surface area (Å²) in [5.41, 5.74) is 0.223. The van der Waals surface area contributed by atoms with E-state index in [4.69, 9.17) is 16.0 Å².